The van der Waals surface area contributed by atoms with Crippen LogP contribution in [0.1, 0.15) is 78.6 Å². The van der Waals surface area contributed by atoms with Gasteiger partial charge in [0.25, 0.3) is 0 Å². The van der Waals surface area contributed by atoms with Crippen molar-refractivity contribution < 1.29 is 4.79 Å². The zero-order valence-corrected chi connectivity index (χ0v) is 15.0. The van der Waals surface area contributed by atoms with Crippen molar-refractivity contribution in [2.24, 2.45) is 28.1 Å². The average molecular weight is 303 g/mol. The van der Waals surface area contributed by atoms with E-state index in [1.165, 1.54) is 44.9 Å². The van der Waals surface area contributed by atoms with E-state index in [9.17, 15) is 4.79 Å². The van der Waals surface area contributed by atoms with Gasteiger partial charge in [-0.1, -0.05) is 27.2 Å². The van der Waals surface area contributed by atoms with E-state index in [1.807, 2.05) is 0 Å². The number of rotatable bonds is 0. The highest BCUT2D eigenvalue weighted by atomic mass is 16.2. The van der Waals surface area contributed by atoms with Gasteiger partial charge in [0.2, 0.25) is 5.91 Å². The number of nitrogens with zero attached hydrogens (tertiary/aromatic N) is 1. The molecular weight excluding hydrogens is 270 g/mol. The normalized spacial score (nSPS) is 54.6. The average Bonchev–Trinajstić information content (AvgIpc) is 2.79. The first kappa shape index (κ1) is 15.0. The van der Waals surface area contributed by atoms with E-state index in [4.69, 9.17) is 0 Å². The summed E-state index contributed by atoms with van der Waals surface area (Å²) in [4.78, 5) is 14.3. The Morgan fingerprint density at radius 2 is 1.73 bits per heavy atom. The Bertz CT molecular complexity index is 502. The van der Waals surface area contributed by atoms with Crippen LogP contribution < -0.4 is 0 Å². The van der Waals surface area contributed by atoms with Crippen molar-refractivity contribution in [3.05, 3.63) is 0 Å². The molecule has 3 aliphatic carbocycles. The summed E-state index contributed by atoms with van der Waals surface area (Å²) in [5.74, 6) is 2.13. The van der Waals surface area contributed by atoms with Crippen molar-refractivity contribution >= 4 is 5.91 Å². The topological polar surface area (TPSA) is 20.3 Å². The van der Waals surface area contributed by atoms with Crippen LogP contribution in [0.4, 0.5) is 0 Å². The largest absolute Gasteiger partial charge is 0.342 e. The van der Waals surface area contributed by atoms with E-state index in [1.54, 1.807) is 0 Å². The number of hydrogen-bond acceptors (Lipinski definition) is 1. The number of carbonyl (C=O) groups excluding carboxylic acids is 1. The second kappa shape index (κ2) is 4.51. The van der Waals surface area contributed by atoms with Crippen LogP contribution in [0.15, 0.2) is 0 Å². The number of fused-ring (bicyclic) bond motifs is 5. The minimum atomic E-state index is 0.374. The number of amides is 1. The molecule has 4 fully saturated rings. The molecule has 0 aromatic heterocycles. The molecule has 124 valence electrons. The molecule has 22 heavy (non-hydrogen) atoms. The van der Waals surface area contributed by atoms with Gasteiger partial charge < -0.3 is 4.90 Å². The fourth-order valence-electron chi connectivity index (χ4n) is 7.53. The Kier molecular flexibility index (Phi) is 3.08. The van der Waals surface area contributed by atoms with Crippen molar-refractivity contribution in [3.8, 4) is 0 Å². The van der Waals surface area contributed by atoms with Crippen LogP contribution in [0.5, 0.6) is 0 Å². The molecule has 4 aliphatic rings. The summed E-state index contributed by atoms with van der Waals surface area (Å²) in [5.41, 5.74) is 1.52. The first-order valence-corrected chi connectivity index (χ1v) is 9.58. The summed E-state index contributed by atoms with van der Waals surface area (Å²) in [5, 5.41) is 0. The highest BCUT2D eigenvalue weighted by molar-refractivity contribution is 5.77. The van der Waals surface area contributed by atoms with Crippen molar-refractivity contribution in [2.75, 3.05) is 7.05 Å². The fraction of sp³-hybridized carbons (Fsp3) is 0.950. The first-order valence-electron chi connectivity index (χ1n) is 9.58. The van der Waals surface area contributed by atoms with Crippen LogP contribution in [-0.2, 0) is 4.79 Å². The first-order chi connectivity index (χ1) is 10.3. The van der Waals surface area contributed by atoms with Gasteiger partial charge >= 0.3 is 0 Å². The third kappa shape index (κ3) is 1.65. The molecule has 0 unspecified atom stereocenters. The molecule has 1 aliphatic heterocycles. The monoisotopic (exact) mass is 303 g/mol. The number of hydrogen-bond donors (Lipinski definition) is 0. The van der Waals surface area contributed by atoms with Gasteiger partial charge in [-0.3, -0.25) is 4.79 Å². The summed E-state index contributed by atoms with van der Waals surface area (Å²) in [6.07, 6.45) is 11.7. The highest BCUT2D eigenvalue weighted by Crippen LogP contribution is 2.70. The molecule has 0 aromatic rings. The number of likely N-dealkylation sites (tertiary alicyclic amines) is 1. The van der Waals surface area contributed by atoms with Crippen molar-refractivity contribution in [1.82, 2.24) is 4.90 Å². The van der Waals surface area contributed by atoms with Gasteiger partial charge in [-0.15, -0.1) is 0 Å². The predicted octanol–water partition coefficient (Wildman–Crippen LogP) is 4.63. The van der Waals surface area contributed by atoms with E-state index in [0.717, 1.165) is 24.7 Å². The van der Waals surface area contributed by atoms with Crippen LogP contribution in [0.3, 0.4) is 0 Å². The summed E-state index contributed by atoms with van der Waals surface area (Å²) in [6.45, 7) is 7.73. The maximum absolute atomic E-state index is 12.2. The van der Waals surface area contributed by atoms with Gasteiger partial charge in [0.1, 0.15) is 0 Å². The van der Waals surface area contributed by atoms with E-state index in [0.29, 0.717) is 28.2 Å². The molecule has 2 nitrogen and oxygen atoms in total. The number of carbonyl (C=O) groups is 1. The SMILES string of the molecule is CN1C(=O)CC[C@]2(C)[C@H]3CC[C@]4(C)CCC[C@@]4(C)[C@@H]3CC[C@@H]12. The molecule has 4 rings (SSSR count). The molecule has 0 N–H and O–H groups in total. The lowest BCUT2D eigenvalue weighted by atomic mass is 9.43. The summed E-state index contributed by atoms with van der Waals surface area (Å²) in [6, 6.07) is 0.504. The second-order valence-corrected chi connectivity index (χ2v) is 9.69. The summed E-state index contributed by atoms with van der Waals surface area (Å²) < 4.78 is 0. The van der Waals surface area contributed by atoms with Crippen LogP contribution in [0.2, 0.25) is 0 Å². The molecule has 1 saturated heterocycles. The minimum Gasteiger partial charge on any atom is -0.342 e. The zero-order valence-electron chi connectivity index (χ0n) is 15.0. The lowest BCUT2D eigenvalue weighted by molar-refractivity contribution is -0.168. The molecule has 3 saturated carbocycles. The standard InChI is InChI=1S/C20H33NO/c1-18-10-5-11-20(18,3)15-6-7-16-19(2,14(15)8-12-18)13-9-17(22)21(16)4/h14-16H,5-13H2,1-4H3/t14-,15+,16+,18-,19+,20-/m0/s1. The van der Waals surface area contributed by atoms with Crippen molar-refractivity contribution in [1.29, 1.82) is 0 Å². The van der Waals surface area contributed by atoms with Crippen molar-refractivity contribution in [2.45, 2.75) is 84.6 Å². The molecule has 0 spiro atoms. The highest BCUT2D eigenvalue weighted by Gasteiger charge is 2.63. The van der Waals surface area contributed by atoms with Gasteiger partial charge in [0, 0.05) is 19.5 Å². The van der Waals surface area contributed by atoms with Crippen LogP contribution >= 0.6 is 0 Å². The Balaban J connectivity index is 1.70. The van der Waals surface area contributed by atoms with E-state index < -0.39 is 0 Å². The van der Waals surface area contributed by atoms with Crippen LogP contribution in [0, 0.1) is 28.1 Å². The van der Waals surface area contributed by atoms with Gasteiger partial charge in [0.05, 0.1) is 0 Å². The Morgan fingerprint density at radius 3 is 2.50 bits per heavy atom. The maximum atomic E-state index is 12.2. The fourth-order valence-corrected chi connectivity index (χ4v) is 7.53. The predicted molar refractivity (Wildman–Crippen MR) is 89.4 cm³/mol. The molecule has 0 radical (unpaired) electrons. The zero-order chi connectivity index (χ0) is 15.8. The maximum Gasteiger partial charge on any atom is 0.222 e. The van der Waals surface area contributed by atoms with E-state index in [-0.39, 0.29) is 0 Å². The molecule has 0 bridgehead atoms. The third-order valence-electron chi connectivity index (χ3n) is 9.21. The lowest BCUT2D eigenvalue weighted by Crippen LogP contribution is -2.62. The molecule has 2 heteroatoms. The van der Waals surface area contributed by atoms with Gasteiger partial charge in [0.15, 0.2) is 0 Å². The molecule has 6 atom stereocenters. The Hall–Kier alpha value is -0.530. The summed E-state index contributed by atoms with van der Waals surface area (Å²) >= 11 is 0. The molecule has 1 amide bonds. The molecule has 0 aromatic carbocycles. The smallest absolute Gasteiger partial charge is 0.222 e. The lowest BCUT2D eigenvalue weighted by Gasteiger charge is -2.64. The summed E-state index contributed by atoms with van der Waals surface area (Å²) in [7, 11) is 2.06. The Labute approximate surface area is 136 Å². The Morgan fingerprint density at radius 1 is 0.955 bits per heavy atom. The van der Waals surface area contributed by atoms with Gasteiger partial charge in [-0.2, -0.15) is 0 Å². The minimum absolute atomic E-state index is 0.374. The quantitative estimate of drug-likeness (QED) is 0.639. The van der Waals surface area contributed by atoms with E-state index in [2.05, 4.69) is 32.7 Å². The van der Waals surface area contributed by atoms with Crippen LogP contribution in [-0.4, -0.2) is 23.9 Å². The van der Waals surface area contributed by atoms with Gasteiger partial charge in [-0.25, -0.2) is 0 Å². The number of piperidine rings is 1. The van der Waals surface area contributed by atoms with Gasteiger partial charge in [-0.05, 0) is 73.0 Å². The van der Waals surface area contributed by atoms with Crippen molar-refractivity contribution in [3.63, 3.8) is 0 Å². The third-order valence-corrected chi connectivity index (χ3v) is 9.21. The second-order valence-electron chi connectivity index (χ2n) is 9.69. The van der Waals surface area contributed by atoms with E-state index >= 15 is 0 Å². The van der Waals surface area contributed by atoms with Crippen LogP contribution in [0.25, 0.3) is 0 Å². The molecule has 1 heterocycles. The molecular formula is C20H33NO.